The molecule has 0 aliphatic carbocycles. The van der Waals surface area contributed by atoms with Gasteiger partial charge in [-0.15, -0.1) is 0 Å². The summed E-state index contributed by atoms with van der Waals surface area (Å²) in [6, 6.07) is 0.357. The van der Waals surface area contributed by atoms with Crippen molar-refractivity contribution in [3.8, 4) is 0 Å². The van der Waals surface area contributed by atoms with E-state index in [-0.39, 0.29) is 0 Å². The number of aromatic nitrogens is 4. The molecule has 20 heavy (non-hydrogen) atoms. The highest BCUT2D eigenvalue weighted by Gasteiger charge is 2.12. The van der Waals surface area contributed by atoms with Gasteiger partial charge < -0.3 is 15.6 Å². The van der Waals surface area contributed by atoms with Crippen molar-refractivity contribution in [2.45, 2.75) is 46.6 Å². The van der Waals surface area contributed by atoms with Crippen molar-refractivity contribution in [3.05, 3.63) is 6.33 Å². The summed E-state index contributed by atoms with van der Waals surface area (Å²) in [6.07, 6.45) is 3.78. The Labute approximate surface area is 119 Å². The molecule has 0 aliphatic rings. The van der Waals surface area contributed by atoms with Crippen LogP contribution in [0.2, 0.25) is 0 Å². The van der Waals surface area contributed by atoms with E-state index in [1.807, 2.05) is 0 Å². The number of hydrogen-bond donors (Lipinski definition) is 3. The van der Waals surface area contributed by atoms with Crippen molar-refractivity contribution < 1.29 is 0 Å². The number of hydrogen-bond acceptors (Lipinski definition) is 5. The van der Waals surface area contributed by atoms with Gasteiger partial charge in [-0.1, -0.05) is 20.8 Å². The summed E-state index contributed by atoms with van der Waals surface area (Å²) in [6.45, 7) is 9.58. The molecule has 0 bridgehead atoms. The number of anilines is 2. The van der Waals surface area contributed by atoms with E-state index in [1.165, 1.54) is 0 Å². The van der Waals surface area contributed by atoms with Gasteiger partial charge in [0.15, 0.2) is 11.5 Å². The summed E-state index contributed by atoms with van der Waals surface area (Å²) in [7, 11) is 0. The Morgan fingerprint density at radius 2 is 2.05 bits per heavy atom. The van der Waals surface area contributed by atoms with Gasteiger partial charge >= 0.3 is 0 Å². The first-order valence-electron chi connectivity index (χ1n) is 7.31. The van der Waals surface area contributed by atoms with Crippen LogP contribution < -0.4 is 10.6 Å². The highest BCUT2D eigenvalue weighted by atomic mass is 15.2. The molecule has 0 fully saturated rings. The molecule has 2 heterocycles. The van der Waals surface area contributed by atoms with Gasteiger partial charge in [-0.05, 0) is 25.7 Å². The highest BCUT2D eigenvalue weighted by Crippen LogP contribution is 2.20. The minimum atomic E-state index is 0.357. The SMILES string of the molecule is CCCNc1nc(NC(C)CC(C)C)c2[nH]cnc2n1. The zero-order valence-electron chi connectivity index (χ0n) is 12.7. The van der Waals surface area contributed by atoms with Crippen LogP contribution in [0.5, 0.6) is 0 Å². The van der Waals surface area contributed by atoms with E-state index in [9.17, 15) is 0 Å². The third kappa shape index (κ3) is 3.59. The number of nitrogens with one attached hydrogen (secondary N) is 3. The van der Waals surface area contributed by atoms with Gasteiger partial charge in [-0.3, -0.25) is 0 Å². The molecule has 0 spiro atoms. The molecule has 3 N–H and O–H groups in total. The zero-order valence-corrected chi connectivity index (χ0v) is 12.7. The third-order valence-electron chi connectivity index (χ3n) is 3.03. The van der Waals surface area contributed by atoms with Crippen molar-refractivity contribution in [2.24, 2.45) is 5.92 Å². The number of H-pyrrole nitrogens is 1. The van der Waals surface area contributed by atoms with Crippen LogP contribution in [0.1, 0.15) is 40.5 Å². The molecule has 0 amide bonds. The predicted octanol–water partition coefficient (Wildman–Crippen LogP) is 3.02. The fourth-order valence-corrected chi connectivity index (χ4v) is 2.25. The van der Waals surface area contributed by atoms with Crippen LogP contribution >= 0.6 is 0 Å². The van der Waals surface area contributed by atoms with E-state index in [0.717, 1.165) is 30.7 Å². The maximum Gasteiger partial charge on any atom is 0.226 e. The molecule has 110 valence electrons. The molecule has 0 aromatic carbocycles. The molecule has 6 heteroatoms. The second kappa shape index (κ2) is 6.54. The maximum atomic E-state index is 4.55. The number of rotatable bonds is 7. The topological polar surface area (TPSA) is 78.5 Å². The number of aromatic amines is 1. The number of imidazole rings is 1. The number of fused-ring (bicyclic) bond motifs is 1. The van der Waals surface area contributed by atoms with Gasteiger partial charge in [0.05, 0.1) is 6.33 Å². The molecule has 6 nitrogen and oxygen atoms in total. The standard InChI is InChI=1S/C14H24N6/c1-5-6-15-14-19-12-11(16-8-17-12)13(20-14)18-10(4)7-9(2)3/h8-10H,5-7H2,1-4H3,(H3,15,16,17,18,19,20). The van der Waals surface area contributed by atoms with Crippen LogP contribution in [0.15, 0.2) is 6.33 Å². The fourth-order valence-electron chi connectivity index (χ4n) is 2.25. The van der Waals surface area contributed by atoms with E-state index in [4.69, 9.17) is 0 Å². The average Bonchev–Trinajstić information content (AvgIpc) is 2.83. The van der Waals surface area contributed by atoms with Crippen LogP contribution in [0.4, 0.5) is 11.8 Å². The van der Waals surface area contributed by atoms with Crippen LogP contribution in [0.3, 0.4) is 0 Å². The van der Waals surface area contributed by atoms with Gasteiger partial charge in [-0.2, -0.15) is 9.97 Å². The van der Waals surface area contributed by atoms with E-state index in [2.05, 4.69) is 58.3 Å². The zero-order chi connectivity index (χ0) is 14.5. The van der Waals surface area contributed by atoms with Crippen LogP contribution in [0, 0.1) is 5.92 Å². The second-order valence-electron chi connectivity index (χ2n) is 5.60. The smallest absolute Gasteiger partial charge is 0.226 e. The van der Waals surface area contributed by atoms with E-state index in [1.54, 1.807) is 6.33 Å². The van der Waals surface area contributed by atoms with Crippen LogP contribution in [0.25, 0.3) is 11.2 Å². The first kappa shape index (κ1) is 14.6. The van der Waals surface area contributed by atoms with E-state index < -0.39 is 0 Å². The van der Waals surface area contributed by atoms with Crippen molar-refractivity contribution >= 4 is 22.9 Å². The normalized spacial score (nSPS) is 12.8. The Balaban J connectivity index is 2.22. The Hall–Kier alpha value is -1.85. The molecule has 0 saturated carbocycles. The van der Waals surface area contributed by atoms with Crippen LogP contribution in [-0.2, 0) is 0 Å². The lowest BCUT2D eigenvalue weighted by atomic mass is 10.1. The van der Waals surface area contributed by atoms with Crippen molar-refractivity contribution in [1.29, 1.82) is 0 Å². The third-order valence-corrected chi connectivity index (χ3v) is 3.03. The molecule has 1 unspecified atom stereocenters. The summed E-state index contributed by atoms with van der Waals surface area (Å²) in [4.78, 5) is 16.3. The Kier molecular flexibility index (Phi) is 4.76. The number of nitrogens with zero attached hydrogens (tertiary/aromatic N) is 3. The minimum Gasteiger partial charge on any atom is -0.366 e. The molecule has 0 aliphatic heterocycles. The summed E-state index contributed by atoms with van der Waals surface area (Å²) in [5.74, 6) is 2.10. The Bertz CT molecular complexity index is 548. The van der Waals surface area contributed by atoms with E-state index >= 15 is 0 Å². The van der Waals surface area contributed by atoms with Gasteiger partial charge in [-0.25, -0.2) is 4.98 Å². The van der Waals surface area contributed by atoms with Gasteiger partial charge in [0, 0.05) is 12.6 Å². The summed E-state index contributed by atoms with van der Waals surface area (Å²) in [5.41, 5.74) is 1.56. The largest absolute Gasteiger partial charge is 0.366 e. The highest BCUT2D eigenvalue weighted by molar-refractivity contribution is 5.83. The molecule has 2 aromatic heterocycles. The van der Waals surface area contributed by atoms with Gasteiger partial charge in [0.2, 0.25) is 5.95 Å². The van der Waals surface area contributed by atoms with Crippen LogP contribution in [-0.4, -0.2) is 32.5 Å². The second-order valence-corrected chi connectivity index (χ2v) is 5.60. The Morgan fingerprint density at radius 3 is 2.75 bits per heavy atom. The van der Waals surface area contributed by atoms with Crippen molar-refractivity contribution in [1.82, 2.24) is 19.9 Å². The van der Waals surface area contributed by atoms with Gasteiger partial charge in [0.25, 0.3) is 0 Å². The fraction of sp³-hybridized carbons (Fsp3) is 0.643. The average molecular weight is 276 g/mol. The lowest BCUT2D eigenvalue weighted by Crippen LogP contribution is -2.19. The van der Waals surface area contributed by atoms with Gasteiger partial charge in [0.1, 0.15) is 5.52 Å². The quantitative estimate of drug-likeness (QED) is 0.724. The Morgan fingerprint density at radius 1 is 1.25 bits per heavy atom. The maximum absolute atomic E-state index is 4.55. The van der Waals surface area contributed by atoms with Crippen molar-refractivity contribution in [3.63, 3.8) is 0 Å². The summed E-state index contributed by atoms with van der Waals surface area (Å²) in [5, 5.41) is 6.67. The molecular weight excluding hydrogens is 252 g/mol. The molecule has 0 radical (unpaired) electrons. The minimum absolute atomic E-state index is 0.357. The lowest BCUT2D eigenvalue weighted by molar-refractivity contribution is 0.539. The molecule has 2 rings (SSSR count). The monoisotopic (exact) mass is 276 g/mol. The van der Waals surface area contributed by atoms with Crippen molar-refractivity contribution in [2.75, 3.05) is 17.2 Å². The first-order chi connectivity index (χ1) is 9.60. The predicted molar refractivity (Wildman–Crippen MR) is 83.0 cm³/mol. The molecule has 2 aromatic rings. The molecule has 1 atom stereocenters. The lowest BCUT2D eigenvalue weighted by Gasteiger charge is -2.17. The molecule has 0 saturated heterocycles. The summed E-state index contributed by atoms with van der Waals surface area (Å²) < 4.78 is 0. The summed E-state index contributed by atoms with van der Waals surface area (Å²) >= 11 is 0. The first-order valence-corrected chi connectivity index (χ1v) is 7.31. The van der Waals surface area contributed by atoms with E-state index in [0.29, 0.717) is 23.6 Å². The molecular formula is C14H24N6.